The maximum atomic E-state index is 13.6. The average Bonchev–Trinajstić information content (AvgIpc) is 3.34. The highest BCUT2D eigenvalue weighted by Crippen LogP contribution is 2.35. The largest absolute Gasteiger partial charge is 0.418 e. The third-order valence-electron chi connectivity index (χ3n) is 6.38. The van der Waals surface area contributed by atoms with Crippen LogP contribution in [-0.4, -0.2) is 88.7 Å². The Labute approximate surface area is 203 Å². The van der Waals surface area contributed by atoms with Gasteiger partial charge in [-0.25, -0.2) is 15.0 Å². The van der Waals surface area contributed by atoms with Crippen molar-refractivity contribution in [1.29, 1.82) is 0 Å². The van der Waals surface area contributed by atoms with Crippen LogP contribution in [0.5, 0.6) is 0 Å². The van der Waals surface area contributed by atoms with Crippen molar-refractivity contribution in [3.05, 3.63) is 23.7 Å². The third kappa shape index (κ3) is 6.93. The molecule has 0 atom stereocenters. The van der Waals surface area contributed by atoms with Crippen LogP contribution in [0.3, 0.4) is 0 Å². The standard InChI is InChI=1S/C22H27F6N7O/c23-21(24,25)13-30-17-11-15(22(26,27)28)18-16(32-17)12-29-19(33-18)20(36)31-14-3-7-35(8-4-14)10-9-34-5-1-2-6-34/h11-12,14H,1-10,13H2,(H,30,32)(H,31,36). The Balaban J connectivity index is 1.40. The number of anilines is 1. The van der Waals surface area contributed by atoms with E-state index in [-0.39, 0.29) is 11.6 Å². The predicted molar refractivity (Wildman–Crippen MR) is 119 cm³/mol. The Morgan fingerprint density at radius 3 is 2.22 bits per heavy atom. The molecule has 0 aliphatic carbocycles. The van der Waals surface area contributed by atoms with E-state index in [9.17, 15) is 31.1 Å². The number of halogens is 6. The predicted octanol–water partition coefficient (Wildman–Crippen LogP) is 3.31. The summed E-state index contributed by atoms with van der Waals surface area (Å²) in [5.41, 5.74) is -2.34. The van der Waals surface area contributed by atoms with E-state index in [1.165, 1.54) is 12.8 Å². The van der Waals surface area contributed by atoms with Crippen molar-refractivity contribution in [3.63, 3.8) is 0 Å². The van der Waals surface area contributed by atoms with Gasteiger partial charge in [0.1, 0.15) is 23.4 Å². The quantitative estimate of drug-likeness (QED) is 0.543. The van der Waals surface area contributed by atoms with Crippen molar-refractivity contribution in [2.45, 2.75) is 44.1 Å². The number of hydrogen-bond acceptors (Lipinski definition) is 7. The van der Waals surface area contributed by atoms with Crippen LogP contribution >= 0.6 is 0 Å². The number of carbonyl (C=O) groups excluding carboxylic acids is 1. The molecule has 2 aliphatic rings. The first-order valence-corrected chi connectivity index (χ1v) is 11.8. The zero-order valence-electron chi connectivity index (χ0n) is 19.4. The molecule has 14 heteroatoms. The number of nitrogens with one attached hydrogen (secondary N) is 2. The Bertz CT molecular complexity index is 1060. The number of amides is 1. The van der Waals surface area contributed by atoms with Crippen LogP contribution in [-0.2, 0) is 6.18 Å². The molecule has 0 spiro atoms. The molecule has 36 heavy (non-hydrogen) atoms. The van der Waals surface area contributed by atoms with Crippen molar-refractivity contribution in [2.75, 3.05) is 51.1 Å². The molecule has 2 aromatic heterocycles. The van der Waals surface area contributed by atoms with Gasteiger partial charge in [0.15, 0.2) is 0 Å². The van der Waals surface area contributed by atoms with Gasteiger partial charge in [-0.2, -0.15) is 26.3 Å². The number of hydrogen-bond donors (Lipinski definition) is 2. The second-order valence-corrected chi connectivity index (χ2v) is 9.09. The fraction of sp³-hybridized carbons (Fsp3) is 0.636. The maximum absolute atomic E-state index is 13.6. The highest BCUT2D eigenvalue weighted by molar-refractivity contribution is 5.93. The molecule has 4 heterocycles. The number of likely N-dealkylation sites (tertiary alicyclic amines) is 2. The van der Waals surface area contributed by atoms with Crippen molar-refractivity contribution >= 4 is 22.8 Å². The molecule has 0 bridgehead atoms. The van der Waals surface area contributed by atoms with Gasteiger partial charge in [-0.15, -0.1) is 0 Å². The summed E-state index contributed by atoms with van der Waals surface area (Å²) in [7, 11) is 0. The first-order valence-electron chi connectivity index (χ1n) is 11.8. The topological polar surface area (TPSA) is 86.3 Å². The Morgan fingerprint density at radius 2 is 1.61 bits per heavy atom. The number of fused-ring (bicyclic) bond motifs is 1. The molecule has 2 N–H and O–H groups in total. The Morgan fingerprint density at radius 1 is 0.972 bits per heavy atom. The van der Waals surface area contributed by atoms with Crippen molar-refractivity contribution in [1.82, 2.24) is 30.1 Å². The lowest BCUT2D eigenvalue weighted by Gasteiger charge is -2.33. The van der Waals surface area contributed by atoms with Crippen molar-refractivity contribution < 1.29 is 31.1 Å². The molecule has 0 saturated carbocycles. The SMILES string of the molecule is O=C(NC1CCN(CCN2CCCC2)CC1)c1ncc2nc(NCC(F)(F)F)cc(C(F)(F)F)c2n1. The number of piperidine rings is 1. The molecular weight excluding hydrogens is 492 g/mol. The zero-order chi connectivity index (χ0) is 25.9. The summed E-state index contributed by atoms with van der Waals surface area (Å²) in [6, 6.07) is 0.287. The normalized spacial score (nSPS) is 18.6. The van der Waals surface area contributed by atoms with E-state index in [4.69, 9.17) is 0 Å². The summed E-state index contributed by atoms with van der Waals surface area (Å²) in [5.74, 6) is -1.79. The van der Waals surface area contributed by atoms with Gasteiger partial charge in [0.25, 0.3) is 5.91 Å². The lowest BCUT2D eigenvalue weighted by molar-refractivity contribution is -0.136. The average molecular weight is 519 g/mol. The van der Waals surface area contributed by atoms with Crippen LogP contribution in [0.2, 0.25) is 0 Å². The summed E-state index contributed by atoms with van der Waals surface area (Å²) in [5, 5.41) is 4.62. The van der Waals surface area contributed by atoms with Crippen LogP contribution in [0, 0.1) is 0 Å². The van der Waals surface area contributed by atoms with Gasteiger partial charge in [0.05, 0.1) is 11.8 Å². The first kappa shape index (κ1) is 26.3. The first-order chi connectivity index (χ1) is 17.0. The van der Waals surface area contributed by atoms with Gasteiger partial charge in [-0.05, 0) is 44.8 Å². The van der Waals surface area contributed by atoms with Crippen LogP contribution < -0.4 is 10.6 Å². The van der Waals surface area contributed by atoms with Gasteiger partial charge in [0.2, 0.25) is 5.82 Å². The molecule has 2 saturated heterocycles. The minimum atomic E-state index is -4.93. The molecule has 0 unspecified atom stereocenters. The molecule has 0 aromatic carbocycles. The van der Waals surface area contributed by atoms with E-state index in [1.807, 2.05) is 5.32 Å². The minimum absolute atomic E-state index is 0.158. The Hall–Kier alpha value is -2.74. The summed E-state index contributed by atoms with van der Waals surface area (Å²) in [4.78, 5) is 28.8. The van der Waals surface area contributed by atoms with Gasteiger partial charge in [-0.1, -0.05) is 0 Å². The fourth-order valence-electron chi connectivity index (χ4n) is 4.47. The van der Waals surface area contributed by atoms with Crippen LogP contribution in [0.4, 0.5) is 32.2 Å². The number of carbonyl (C=O) groups is 1. The summed E-state index contributed by atoms with van der Waals surface area (Å²) in [6.07, 6.45) is -4.79. The van der Waals surface area contributed by atoms with E-state index in [2.05, 4.69) is 30.1 Å². The number of nitrogens with zero attached hydrogens (tertiary/aromatic N) is 5. The maximum Gasteiger partial charge on any atom is 0.418 e. The van der Waals surface area contributed by atoms with Crippen LogP contribution in [0.1, 0.15) is 41.9 Å². The molecule has 1 amide bonds. The lowest BCUT2D eigenvalue weighted by Crippen LogP contribution is -2.46. The second-order valence-electron chi connectivity index (χ2n) is 9.09. The van der Waals surface area contributed by atoms with Crippen LogP contribution in [0.25, 0.3) is 11.0 Å². The molecule has 4 rings (SSSR count). The summed E-state index contributed by atoms with van der Waals surface area (Å²) in [6.45, 7) is 4.29. The second kappa shape index (κ2) is 10.7. The number of aromatic nitrogens is 3. The van der Waals surface area contributed by atoms with Gasteiger partial charge in [0, 0.05) is 32.2 Å². The van der Waals surface area contributed by atoms with E-state index < -0.39 is 47.5 Å². The molecule has 2 aromatic rings. The van der Waals surface area contributed by atoms with E-state index in [1.54, 1.807) is 0 Å². The van der Waals surface area contributed by atoms with Crippen molar-refractivity contribution in [2.24, 2.45) is 0 Å². The van der Waals surface area contributed by atoms with E-state index in [0.29, 0.717) is 18.9 Å². The smallest absolute Gasteiger partial charge is 0.361 e. The molecule has 0 radical (unpaired) electrons. The fourth-order valence-corrected chi connectivity index (χ4v) is 4.47. The van der Waals surface area contributed by atoms with Crippen LogP contribution in [0.15, 0.2) is 12.3 Å². The third-order valence-corrected chi connectivity index (χ3v) is 6.38. The highest BCUT2D eigenvalue weighted by atomic mass is 19.4. The lowest BCUT2D eigenvalue weighted by atomic mass is 10.0. The van der Waals surface area contributed by atoms with Gasteiger partial charge >= 0.3 is 12.4 Å². The summed E-state index contributed by atoms with van der Waals surface area (Å²) < 4.78 is 78.3. The minimum Gasteiger partial charge on any atom is -0.361 e. The van der Waals surface area contributed by atoms with Gasteiger partial charge < -0.3 is 20.4 Å². The Kier molecular flexibility index (Phi) is 7.83. The monoisotopic (exact) mass is 519 g/mol. The number of rotatable bonds is 7. The summed E-state index contributed by atoms with van der Waals surface area (Å²) >= 11 is 0. The number of pyridine rings is 1. The van der Waals surface area contributed by atoms with E-state index in [0.717, 1.165) is 45.5 Å². The molecule has 198 valence electrons. The van der Waals surface area contributed by atoms with Crippen molar-refractivity contribution in [3.8, 4) is 0 Å². The van der Waals surface area contributed by atoms with Gasteiger partial charge in [-0.3, -0.25) is 4.79 Å². The zero-order valence-corrected chi connectivity index (χ0v) is 19.4. The molecule has 8 nitrogen and oxygen atoms in total. The highest BCUT2D eigenvalue weighted by Gasteiger charge is 2.36. The molecule has 2 aliphatic heterocycles. The molecule has 2 fully saturated rings. The van der Waals surface area contributed by atoms with E-state index >= 15 is 0 Å². The number of alkyl halides is 6. The molecular formula is C22H27F6N7O.